The summed E-state index contributed by atoms with van der Waals surface area (Å²) in [5.41, 5.74) is -0.243. The van der Waals surface area contributed by atoms with Crippen molar-refractivity contribution in [3.8, 4) is 17.1 Å². The maximum Gasteiger partial charge on any atom is 0.388 e. The predicted molar refractivity (Wildman–Crippen MR) is 88.2 cm³/mol. The molecule has 0 saturated heterocycles. The molecule has 0 aliphatic heterocycles. The number of halogens is 5. The van der Waals surface area contributed by atoms with Crippen molar-refractivity contribution >= 4 is 40.9 Å². The average molecular weight is 415 g/mol. The SMILES string of the molecule is CC(Sc1cc(-c2nn(C)c(OC(F)F)c2Cl)c(F)cc1Cl)C(=O)O. The third-order valence-corrected chi connectivity index (χ3v) is 4.98. The molecular weight excluding hydrogens is 404 g/mol. The zero-order valence-electron chi connectivity index (χ0n) is 12.8. The number of carbonyl (C=O) groups is 1. The number of alkyl halides is 2. The van der Waals surface area contributed by atoms with E-state index in [1.807, 2.05) is 0 Å². The van der Waals surface area contributed by atoms with Crippen molar-refractivity contribution in [2.24, 2.45) is 7.05 Å². The van der Waals surface area contributed by atoms with Crippen LogP contribution in [-0.2, 0) is 11.8 Å². The highest BCUT2D eigenvalue weighted by atomic mass is 35.5. The van der Waals surface area contributed by atoms with Crippen molar-refractivity contribution in [2.75, 3.05) is 0 Å². The maximum absolute atomic E-state index is 14.3. The van der Waals surface area contributed by atoms with E-state index in [0.29, 0.717) is 0 Å². The van der Waals surface area contributed by atoms with E-state index in [9.17, 15) is 18.0 Å². The van der Waals surface area contributed by atoms with Crippen molar-refractivity contribution in [1.82, 2.24) is 9.78 Å². The highest BCUT2D eigenvalue weighted by molar-refractivity contribution is 8.00. The van der Waals surface area contributed by atoms with E-state index in [0.717, 1.165) is 22.5 Å². The summed E-state index contributed by atoms with van der Waals surface area (Å²) in [6.07, 6.45) is 0. The summed E-state index contributed by atoms with van der Waals surface area (Å²) in [6, 6.07) is 2.24. The number of aryl methyl sites for hydroxylation is 1. The van der Waals surface area contributed by atoms with Gasteiger partial charge in [-0.25, -0.2) is 9.07 Å². The summed E-state index contributed by atoms with van der Waals surface area (Å²) in [7, 11) is 1.31. The number of carboxylic acid groups (broad SMARTS) is 1. The number of nitrogens with zero attached hydrogens (tertiary/aromatic N) is 2. The molecule has 2 aromatic rings. The number of aromatic nitrogens is 2. The molecule has 11 heteroatoms. The molecule has 25 heavy (non-hydrogen) atoms. The first-order valence-corrected chi connectivity index (χ1v) is 8.31. The number of hydrogen-bond donors (Lipinski definition) is 1. The summed E-state index contributed by atoms with van der Waals surface area (Å²) >= 11 is 12.8. The van der Waals surface area contributed by atoms with Crippen molar-refractivity contribution in [3.63, 3.8) is 0 Å². The van der Waals surface area contributed by atoms with Gasteiger partial charge in [-0.3, -0.25) is 4.79 Å². The smallest absolute Gasteiger partial charge is 0.388 e. The lowest BCUT2D eigenvalue weighted by molar-refractivity contribution is -0.136. The van der Waals surface area contributed by atoms with Gasteiger partial charge in [-0.05, 0) is 19.1 Å². The predicted octanol–water partition coefficient (Wildman–Crippen LogP) is 4.70. The second-order valence-electron chi connectivity index (χ2n) is 4.83. The monoisotopic (exact) mass is 414 g/mol. The number of benzene rings is 1. The normalized spacial score (nSPS) is 12.5. The van der Waals surface area contributed by atoms with Crippen LogP contribution in [0.1, 0.15) is 6.92 Å². The zero-order chi connectivity index (χ0) is 18.9. The van der Waals surface area contributed by atoms with Gasteiger partial charge in [0.1, 0.15) is 21.8 Å². The van der Waals surface area contributed by atoms with Crippen molar-refractivity contribution in [2.45, 2.75) is 23.7 Å². The Hall–Kier alpha value is -1.58. The van der Waals surface area contributed by atoms with Gasteiger partial charge < -0.3 is 9.84 Å². The lowest BCUT2D eigenvalue weighted by Gasteiger charge is -2.10. The first-order chi connectivity index (χ1) is 11.6. The van der Waals surface area contributed by atoms with E-state index in [4.69, 9.17) is 28.3 Å². The van der Waals surface area contributed by atoms with Gasteiger partial charge in [-0.2, -0.15) is 13.9 Å². The second kappa shape index (κ2) is 7.76. The molecule has 1 aromatic heterocycles. The molecule has 0 fully saturated rings. The van der Waals surface area contributed by atoms with Crippen LogP contribution in [0.4, 0.5) is 13.2 Å². The summed E-state index contributed by atoms with van der Waals surface area (Å²) in [5, 5.41) is 11.7. The van der Waals surface area contributed by atoms with Gasteiger partial charge in [0.05, 0.1) is 5.02 Å². The van der Waals surface area contributed by atoms with Crippen LogP contribution in [0.25, 0.3) is 11.3 Å². The van der Waals surface area contributed by atoms with Gasteiger partial charge in [0.15, 0.2) is 0 Å². The van der Waals surface area contributed by atoms with Gasteiger partial charge in [0.25, 0.3) is 0 Å². The fourth-order valence-corrected chi connectivity index (χ4v) is 3.34. The molecule has 1 N–H and O–H groups in total. The fourth-order valence-electron chi connectivity index (χ4n) is 1.91. The van der Waals surface area contributed by atoms with E-state index >= 15 is 0 Å². The lowest BCUT2D eigenvalue weighted by atomic mass is 10.1. The van der Waals surface area contributed by atoms with Gasteiger partial charge in [-0.15, -0.1) is 11.8 Å². The van der Waals surface area contributed by atoms with Crippen LogP contribution in [0.2, 0.25) is 10.0 Å². The van der Waals surface area contributed by atoms with Gasteiger partial charge in [0.2, 0.25) is 5.88 Å². The minimum absolute atomic E-state index is 0.00968. The Kier molecular flexibility index (Phi) is 6.12. The van der Waals surface area contributed by atoms with Crippen LogP contribution in [0, 0.1) is 5.82 Å². The molecule has 0 amide bonds. The third-order valence-electron chi connectivity index (χ3n) is 3.07. The van der Waals surface area contributed by atoms with Gasteiger partial charge in [-0.1, -0.05) is 23.2 Å². The van der Waals surface area contributed by atoms with Crippen LogP contribution in [-0.4, -0.2) is 32.7 Å². The van der Waals surface area contributed by atoms with Crippen LogP contribution in [0.15, 0.2) is 17.0 Å². The quantitative estimate of drug-likeness (QED) is 0.693. The molecule has 0 bridgehead atoms. The topological polar surface area (TPSA) is 64.4 Å². The Morgan fingerprint density at radius 1 is 1.40 bits per heavy atom. The van der Waals surface area contributed by atoms with Crippen molar-refractivity contribution in [3.05, 3.63) is 28.0 Å². The maximum atomic E-state index is 14.3. The molecule has 1 atom stereocenters. The Balaban J connectivity index is 2.51. The molecular formula is C14H11Cl2F3N2O3S. The van der Waals surface area contributed by atoms with Crippen LogP contribution < -0.4 is 4.74 Å². The number of rotatable bonds is 6. The van der Waals surface area contributed by atoms with Crippen LogP contribution in [0.3, 0.4) is 0 Å². The molecule has 136 valence electrons. The van der Waals surface area contributed by atoms with E-state index in [1.54, 1.807) is 0 Å². The number of thioether (sulfide) groups is 1. The minimum atomic E-state index is -3.13. The number of aliphatic carboxylic acids is 1. The van der Waals surface area contributed by atoms with Crippen LogP contribution in [0.5, 0.6) is 5.88 Å². The second-order valence-corrected chi connectivity index (χ2v) is 7.00. The molecule has 5 nitrogen and oxygen atoms in total. The van der Waals surface area contributed by atoms with Gasteiger partial charge in [0, 0.05) is 17.5 Å². The molecule has 0 aliphatic carbocycles. The zero-order valence-corrected chi connectivity index (χ0v) is 15.1. The first kappa shape index (κ1) is 19.7. The molecule has 1 aromatic carbocycles. The first-order valence-electron chi connectivity index (χ1n) is 6.68. The molecule has 2 rings (SSSR count). The van der Waals surface area contributed by atoms with E-state index in [1.165, 1.54) is 20.0 Å². The number of hydrogen-bond acceptors (Lipinski definition) is 4. The Labute approximate surface area is 154 Å². The Morgan fingerprint density at radius 3 is 2.60 bits per heavy atom. The summed E-state index contributed by atoms with van der Waals surface area (Å²) < 4.78 is 44.4. The van der Waals surface area contributed by atoms with E-state index < -0.39 is 29.5 Å². The molecule has 0 spiro atoms. The number of carboxylic acids is 1. The molecule has 1 unspecified atom stereocenters. The van der Waals surface area contributed by atoms with Crippen LogP contribution >= 0.6 is 35.0 Å². The summed E-state index contributed by atoms with van der Waals surface area (Å²) in [6.45, 7) is -1.69. The Morgan fingerprint density at radius 2 is 2.04 bits per heavy atom. The fraction of sp³-hybridized carbons (Fsp3) is 0.286. The van der Waals surface area contributed by atoms with Gasteiger partial charge >= 0.3 is 12.6 Å². The molecule has 0 aliphatic rings. The highest BCUT2D eigenvalue weighted by Gasteiger charge is 2.24. The van der Waals surface area contributed by atoms with Crippen molar-refractivity contribution < 1.29 is 27.8 Å². The summed E-state index contributed by atoms with van der Waals surface area (Å²) in [5.74, 6) is -2.29. The average Bonchev–Trinajstić information content (AvgIpc) is 2.77. The Bertz CT molecular complexity index is 817. The molecule has 0 saturated carbocycles. The summed E-state index contributed by atoms with van der Waals surface area (Å²) in [4.78, 5) is 11.3. The third kappa shape index (κ3) is 4.34. The van der Waals surface area contributed by atoms with E-state index in [2.05, 4.69) is 9.84 Å². The lowest BCUT2D eigenvalue weighted by Crippen LogP contribution is -2.11. The highest BCUT2D eigenvalue weighted by Crippen LogP contribution is 2.40. The van der Waals surface area contributed by atoms with Crippen molar-refractivity contribution in [1.29, 1.82) is 0 Å². The molecule has 1 heterocycles. The standard InChI is InChI=1S/C14H11Cl2F3N2O3S/c1-5(13(22)23)25-9-3-6(8(17)4-7(9)15)11-10(16)12(21(2)20-11)24-14(18)19/h3-5,14H,1-2H3,(H,22,23). The van der Waals surface area contributed by atoms with E-state index in [-0.39, 0.29) is 26.2 Å². The largest absolute Gasteiger partial charge is 0.480 e. The number of ether oxygens (including phenoxy) is 1. The molecule has 0 radical (unpaired) electrons. The minimum Gasteiger partial charge on any atom is -0.480 e.